The molecule has 1 aliphatic heterocycles. The van der Waals surface area contributed by atoms with E-state index in [2.05, 4.69) is 17.1 Å². The van der Waals surface area contributed by atoms with Gasteiger partial charge in [-0.25, -0.2) is 0 Å². The molecule has 0 spiro atoms. The van der Waals surface area contributed by atoms with Gasteiger partial charge in [0.25, 0.3) is 0 Å². The monoisotopic (exact) mass is 501 g/mol. The summed E-state index contributed by atoms with van der Waals surface area (Å²) in [6.07, 6.45) is 14.7. The van der Waals surface area contributed by atoms with Crippen molar-refractivity contribution in [3.8, 4) is 0 Å². The summed E-state index contributed by atoms with van der Waals surface area (Å²) in [4.78, 5) is 13.0. The van der Waals surface area contributed by atoms with Crippen molar-refractivity contribution in [3.63, 3.8) is 0 Å². The van der Waals surface area contributed by atoms with Gasteiger partial charge in [-0.2, -0.15) is 0 Å². The molecule has 1 saturated carbocycles. The first-order valence-electron chi connectivity index (χ1n) is 12.2. The normalized spacial score (nSPS) is 23.5. The Kier molecular flexibility index (Phi) is 9.81. The van der Waals surface area contributed by atoms with Crippen LogP contribution >= 0.6 is 35.0 Å². The van der Waals surface area contributed by atoms with Crippen LogP contribution in [0.25, 0.3) is 0 Å². The van der Waals surface area contributed by atoms with Crippen molar-refractivity contribution in [1.82, 2.24) is 14.8 Å². The van der Waals surface area contributed by atoms with Crippen molar-refractivity contribution in [2.24, 2.45) is 17.3 Å². The summed E-state index contributed by atoms with van der Waals surface area (Å²) in [7, 11) is 0. The van der Waals surface area contributed by atoms with Gasteiger partial charge in [0, 0.05) is 18.6 Å². The van der Waals surface area contributed by atoms with Gasteiger partial charge in [-0.1, -0.05) is 107 Å². The molecule has 180 valence electrons. The van der Waals surface area contributed by atoms with Gasteiger partial charge >= 0.3 is 5.97 Å². The first-order valence-corrected chi connectivity index (χ1v) is 13.9. The molecule has 1 fully saturated rings. The Morgan fingerprint density at radius 3 is 2.44 bits per heavy atom. The highest BCUT2D eigenvalue weighted by atomic mass is 35.5. The number of halogens is 2. The van der Waals surface area contributed by atoms with Crippen LogP contribution in [0.2, 0.25) is 0 Å². The van der Waals surface area contributed by atoms with Crippen molar-refractivity contribution < 1.29 is 9.53 Å². The van der Waals surface area contributed by atoms with Gasteiger partial charge in [0.2, 0.25) is 0 Å². The maximum absolute atomic E-state index is 13.0. The number of ether oxygens (including phenoxy) is 1. The van der Waals surface area contributed by atoms with E-state index in [9.17, 15) is 4.79 Å². The van der Waals surface area contributed by atoms with Crippen molar-refractivity contribution in [2.45, 2.75) is 103 Å². The van der Waals surface area contributed by atoms with Crippen molar-refractivity contribution in [3.05, 3.63) is 16.4 Å². The molecule has 2 heterocycles. The number of aryl methyl sites for hydroxylation is 1. The Balaban J connectivity index is 1.49. The van der Waals surface area contributed by atoms with Crippen molar-refractivity contribution in [1.29, 1.82) is 0 Å². The molecule has 0 amide bonds. The van der Waals surface area contributed by atoms with Crippen molar-refractivity contribution >= 4 is 40.9 Å². The highest BCUT2D eigenvalue weighted by Crippen LogP contribution is 2.60. The van der Waals surface area contributed by atoms with Crippen LogP contribution in [0, 0.1) is 17.3 Å². The molecule has 0 radical (unpaired) electrons. The van der Waals surface area contributed by atoms with E-state index >= 15 is 0 Å². The smallest absolute Gasteiger partial charge is 0.312 e. The van der Waals surface area contributed by atoms with Crippen LogP contribution in [0.5, 0.6) is 0 Å². The lowest BCUT2D eigenvalue weighted by Crippen LogP contribution is -2.25. The molecule has 3 rings (SSSR count). The molecular weight excluding hydrogens is 465 g/mol. The topological polar surface area (TPSA) is 57.0 Å². The summed E-state index contributed by atoms with van der Waals surface area (Å²) in [6.45, 7) is 6.35. The Labute approximate surface area is 207 Å². The molecular formula is C24H37Cl2N3O2S. The molecule has 32 heavy (non-hydrogen) atoms. The van der Waals surface area contributed by atoms with Crippen LogP contribution in [0.1, 0.15) is 97.0 Å². The second-order valence-corrected chi connectivity index (χ2v) is 11.7. The zero-order valence-corrected chi connectivity index (χ0v) is 21.9. The second-order valence-electron chi connectivity index (χ2n) is 9.66. The molecule has 3 unspecified atom stereocenters. The molecule has 8 heteroatoms. The van der Waals surface area contributed by atoms with E-state index in [0.717, 1.165) is 36.0 Å². The Morgan fingerprint density at radius 2 is 1.78 bits per heavy atom. The predicted octanol–water partition coefficient (Wildman–Crippen LogP) is 7.48. The lowest BCUT2D eigenvalue weighted by atomic mass is 10.1. The predicted molar refractivity (Wildman–Crippen MR) is 132 cm³/mol. The first kappa shape index (κ1) is 25.9. The number of nitrogens with zero attached hydrogens (tertiary/aromatic N) is 3. The maximum Gasteiger partial charge on any atom is 0.312 e. The van der Waals surface area contributed by atoms with E-state index in [1.165, 1.54) is 51.4 Å². The molecule has 3 atom stereocenters. The van der Waals surface area contributed by atoms with Crippen LogP contribution in [0.4, 0.5) is 0 Å². The number of allylic oxidation sites excluding steroid dienone is 1. The Bertz CT molecular complexity index is 792. The van der Waals surface area contributed by atoms with E-state index in [1.807, 2.05) is 18.4 Å². The number of carbonyl (C=O) groups excluding carboxylic acids is 1. The second kappa shape index (κ2) is 12.1. The zero-order valence-electron chi connectivity index (χ0n) is 19.6. The minimum absolute atomic E-state index is 0.0137. The quantitative estimate of drug-likeness (QED) is 0.207. The van der Waals surface area contributed by atoms with Gasteiger partial charge < -0.3 is 4.74 Å². The van der Waals surface area contributed by atoms with Crippen LogP contribution in [0.15, 0.2) is 15.7 Å². The van der Waals surface area contributed by atoms with Gasteiger partial charge in [-0.05, 0) is 23.8 Å². The van der Waals surface area contributed by atoms with Crippen molar-refractivity contribution in [2.75, 3.05) is 5.75 Å². The fraction of sp³-hybridized carbons (Fsp3) is 0.792. The highest BCUT2D eigenvalue weighted by molar-refractivity contribution is 7.99. The fourth-order valence-electron chi connectivity index (χ4n) is 4.73. The molecule has 2 aliphatic rings. The summed E-state index contributed by atoms with van der Waals surface area (Å²) < 4.78 is 8.25. The lowest BCUT2D eigenvalue weighted by molar-refractivity contribution is -0.157. The van der Waals surface area contributed by atoms with Crippen LogP contribution in [0.3, 0.4) is 0 Å². The Morgan fingerprint density at radius 1 is 1.12 bits per heavy atom. The summed E-state index contributed by atoms with van der Waals surface area (Å²) in [6, 6.07) is 0. The van der Waals surface area contributed by atoms with Crippen LogP contribution < -0.4 is 0 Å². The van der Waals surface area contributed by atoms with E-state index in [-0.39, 0.29) is 33.9 Å². The summed E-state index contributed by atoms with van der Waals surface area (Å²) in [5, 5.41) is 9.63. The van der Waals surface area contributed by atoms with Gasteiger partial charge in [0.1, 0.15) is 10.3 Å². The van der Waals surface area contributed by atoms with Gasteiger partial charge in [0.15, 0.2) is 11.4 Å². The molecule has 1 aromatic rings. The third-order valence-corrected chi connectivity index (χ3v) is 8.07. The van der Waals surface area contributed by atoms with Gasteiger partial charge in [-0.15, -0.1) is 10.2 Å². The Hall–Kier alpha value is -0.720. The minimum atomic E-state index is -0.324. The molecule has 0 N–H and O–H groups in total. The van der Waals surface area contributed by atoms with E-state index < -0.39 is 0 Å². The third-order valence-electron chi connectivity index (χ3n) is 6.85. The number of fused-ring (bicyclic) bond motifs is 1. The fourth-order valence-corrected chi connectivity index (χ4v) is 5.97. The average molecular weight is 503 g/mol. The minimum Gasteiger partial charge on any atom is -0.441 e. The number of carbonyl (C=O) groups is 1. The molecule has 0 aromatic carbocycles. The summed E-state index contributed by atoms with van der Waals surface area (Å²) in [5.41, 5.74) is -0.190. The van der Waals surface area contributed by atoms with Gasteiger partial charge in [-0.3, -0.25) is 9.36 Å². The van der Waals surface area contributed by atoms with Crippen LogP contribution in [-0.2, 0) is 16.0 Å². The van der Waals surface area contributed by atoms with Gasteiger partial charge in [0.05, 0.1) is 5.92 Å². The molecule has 1 aliphatic carbocycles. The number of rotatable bonds is 13. The molecule has 5 nitrogen and oxygen atoms in total. The number of unbranched alkanes of at least 4 members (excludes halogenated alkanes) is 8. The van der Waals surface area contributed by atoms with E-state index in [1.54, 1.807) is 17.8 Å². The third kappa shape index (κ3) is 6.66. The lowest BCUT2D eigenvalue weighted by Gasteiger charge is -2.25. The average Bonchev–Trinajstić information content (AvgIpc) is 3.07. The number of esters is 1. The number of aromatic nitrogens is 3. The SMILES string of the molecule is CCCCCCCCCCCc1nnc2n1C(OC(=O)C1C(C=C(Cl)Cl)C1(C)C)CCS2. The summed E-state index contributed by atoms with van der Waals surface area (Å²) in [5.74, 6) is 1.42. The standard InChI is InChI=1S/C24H37Cl2N3O2S/c1-4-5-6-7-8-9-10-11-12-13-19-27-28-23-29(19)20(14-15-32-23)31-22(30)21-17(16-18(25)26)24(21,2)3/h16-17,20-21H,4-15H2,1-3H3. The van der Waals surface area contributed by atoms with Crippen LogP contribution in [-0.4, -0.2) is 26.5 Å². The number of hydrogen-bond donors (Lipinski definition) is 0. The highest BCUT2D eigenvalue weighted by Gasteiger charge is 2.62. The molecule has 1 aromatic heterocycles. The first-order chi connectivity index (χ1) is 15.4. The summed E-state index contributed by atoms with van der Waals surface area (Å²) >= 11 is 13.4. The van der Waals surface area contributed by atoms with E-state index in [0.29, 0.717) is 0 Å². The maximum atomic E-state index is 13.0. The number of hydrogen-bond acceptors (Lipinski definition) is 5. The largest absolute Gasteiger partial charge is 0.441 e. The number of thioether (sulfide) groups is 1. The molecule has 0 saturated heterocycles. The van der Waals surface area contributed by atoms with E-state index in [4.69, 9.17) is 27.9 Å². The zero-order chi connectivity index (χ0) is 23.1. The molecule has 0 bridgehead atoms.